The monoisotopic (exact) mass is 217 g/mol. The van der Waals surface area contributed by atoms with Crippen LogP contribution in [0, 0.1) is 11.3 Å². The fourth-order valence-electron chi connectivity index (χ4n) is 1.87. The topological polar surface area (TPSA) is 73.6 Å². The van der Waals surface area contributed by atoms with Crippen LogP contribution < -0.4 is 10.6 Å². The first-order valence-electron chi connectivity index (χ1n) is 5.59. The minimum Gasteiger partial charge on any atom is -0.354 e. The number of rotatable bonds is 4. The lowest BCUT2D eigenvalue weighted by Gasteiger charge is -2.10. The fraction of sp³-hybridized carbons (Fsp3) is 0.545. The number of anilines is 1. The van der Waals surface area contributed by atoms with Crippen LogP contribution in [0.2, 0.25) is 0 Å². The van der Waals surface area contributed by atoms with Crippen molar-refractivity contribution in [2.45, 2.75) is 25.3 Å². The van der Waals surface area contributed by atoms with Gasteiger partial charge in [0.25, 0.3) is 0 Å². The van der Waals surface area contributed by atoms with Gasteiger partial charge in [-0.05, 0) is 31.9 Å². The summed E-state index contributed by atoms with van der Waals surface area (Å²) in [5.74, 6) is 0.539. The zero-order valence-electron chi connectivity index (χ0n) is 9.11. The van der Waals surface area contributed by atoms with Crippen molar-refractivity contribution in [3.8, 4) is 6.07 Å². The molecular formula is C11H15N5. The number of nitrogens with one attached hydrogen (secondary N) is 2. The summed E-state index contributed by atoms with van der Waals surface area (Å²) in [6.45, 7) is 1.97. The Morgan fingerprint density at radius 2 is 2.56 bits per heavy atom. The van der Waals surface area contributed by atoms with Crippen LogP contribution in [0.4, 0.5) is 5.95 Å². The van der Waals surface area contributed by atoms with Crippen molar-refractivity contribution in [1.82, 2.24) is 15.3 Å². The average Bonchev–Trinajstić information content (AvgIpc) is 2.82. The van der Waals surface area contributed by atoms with E-state index in [-0.39, 0.29) is 0 Å². The average molecular weight is 217 g/mol. The number of hydrogen-bond donors (Lipinski definition) is 2. The van der Waals surface area contributed by atoms with Crippen LogP contribution >= 0.6 is 0 Å². The zero-order chi connectivity index (χ0) is 11.2. The molecule has 0 saturated carbocycles. The molecule has 0 aromatic carbocycles. The van der Waals surface area contributed by atoms with Crippen molar-refractivity contribution in [2.24, 2.45) is 0 Å². The minimum atomic E-state index is 0.400. The van der Waals surface area contributed by atoms with E-state index in [9.17, 15) is 0 Å². The Kier molecular flexibility index (Phi) is 3.67. The van der Waals surface area contributed by atoms with E-state index in [2.05, 4.69) is 20.6 Å². The summed E-state index contributed by atoms with van der Waals surface area (Å²) in [4.78, 5) is 8.11. The van der Waals surface area contributed by atoms with Crippen LogP contribution in [-0.4, -0.2) is 29.1 Å². The van der Waals surface area contributed by atoms with Crippen LogP contribution in [0.1, 0.15) is 25.0 Å². The van der Waals surface area contributed by atoms with Crippen LogP contribution in [-0.2, 0) is 0 Å². The van der Waals surface area contributed by atoms with E-state index in [1.807, 2.05) is 6.07 Å². The molecule has 1 atom stereocenters. The second-order valence-corrected chi connectivity index (χ2v) is 3.89. The quantitative estimate of drug-likeness (QED) is 0.784. The third-order valence-electron chi connectivity index (χ3n) is 2.71. The van der Waals surface area contributed by atoms with Crippen LogP contribution in [0.5, 0.6) is 0 Å². The summed E-state index contributed by atoms with van der Waals surface area (Å²) in [7, 11) is 0. The van der Waals surface area contributed by atoms with E-state index in [0.29, 0.717) is 17.7 Å². The number of nitrogens with zero attached hydrogens (tertiary/aromatic N) is 3. The summed E-state index contributed by atoms with van der Waals surface area (Å²) < 4.78 is 0. The maximum atomic E-state index is 8.68. The molecule has 0 aliphatic carbocycles. The van der Waals surface area contributed by atoms with E-state index in [0.717, 1.165) is 19.5 Å². The molecule has 1 aliphatic rings. The molecule has 0 spiro atoms. The zero-order valence-corrected chi connectivity index (χ0v) is 9.11. The molecule has 2 heterocycles. The van der Waals surface area contributed by atoms with Gasteiger partial charge in [-0.2, -0.15) is 5.26 Å². The maximum absolute atomic E-state index is 8.68. The minimum absolute atomic E-state index is 0.400. The highest BCUT2D eigenvalue weighted by atomic mass is 15.1. The van der Waals surface area contributed by atoms with Gasteiger partial charge in [0, 0.05) is 18.8 Å². The van der Waals surface area contributed by atoms with E-state index in [4.69, 9.17) is 5.26 Å². The molecule has 84 valence electrons. The van der Waals surface area contributed by atoms with Gasteiger partial charge in [-0.1, -0.05) is 0 Å². The SMILES string of the molecule is N#Cc1ccnc(NCC[C@H]2CCCN2)n1. The first kappa shape index (κ1) is 10.8. The molecular weight excluding hydrogens is 202 g/mol. The maximum Gasteiger partial charge on any atom is 0.223 e. The van der Waals surface area contributed by atoms with Gasteiger partial charge in [0.2, 0.25) is 5.95 Å². The van der Waals surface area contributed by atoms with Crippen LogP contribution in [0.25, 0.3) is 0 Å². The van der Waals surface area contributed by atoms with Gasteiger partial charge in [-0.15, -0.1) is 0 Å². The summed E-state index contributed by atoms with van der Waals surface area (Å²) in [5, 5.41) is 15.2. The summed E-state index contributed by atoms with van der Waals surface area (Å²) in [5.41, 5.74) is 0.400. The van der Waals surface area contributed by atoms with Gasteiger partial charge in [-0.25, -0.2) is 9.97 Å². The van der Waals surface area contributed by atoms with E-state index >= 15 is 0 Å². The molecule has 2 rings (SSSR count). The molecule has 1 aromatic rings. The largest absolute Gasteiger partial charge is 0.354 e. The number of hydrogen-bond acceptors (Lipinski definition) is 5. The standard InChI is InChI=1S/C11H15N5/c12-8-10-4-7-15-11(16-10)14-6-3-9-2-1-5-13-9/h4,7,9,13H,1-3,5-6H2,(H,14,15,16)/t9-/m1/s1. The smallest absolute Gasteiger partial charge is 0.223 e. The van der Waals surface area contributed by atoms with Gasteiger partial charge in [0.15, 0.2) is 0 Å². The van der Waals surface area contributed by atoms with Crippen molar-refractivity contribution in [3.05, 3.63) is 18.0 Å². The highest BCUT2D eigenvalue weighted by Crippen LogP contribution is 2.08. The Labute approximate surface area is 94.9 Å². The molecule has 0 unspecified atom stereocenters. The predicted molar refractivity (Wildman–Crippen MR) is 60.9 cm³/mol. The van der Waals surface area contributed by atoms with Crippen molar-refractivity contribution in [1.29, 1.82) is 5.26 Å². The second kappa shape index (κ2) is 5.42. The van der Waals surface area contributed by atoms with Gasteiger partial charge in [0.05, 0.1) is 0 Å². The van der Waals surface area contributed by atoms with Crippen LogP contribution in [0.3, 0.4) is 0 Å². The summed E-state index contributed by atoms with van der Waals surface area (Å²) in [6, 6.07) is 4.21. The Hall–Kier alpha value is -1.67. The van der Waals surface area contributed by atoms with Gasteiger partial charge in [0.1, 0.15) is 11.8 Å². The Morgan fingerprint density at radius 3 is 3.31 bits per heavy atom. The summed E-state index contributed by atoms with van der Waals surface area (Å²) in [6.07, 6.45) is 5.19. The van der Waals surface area contributed by atoms with E-state index in [1.54, 1.807) is 12.3 Å². The molecule has 1 aromatic heterocycles. The lowest BCUT2D eigenvalue weighted by molar-refractivity contribution is 0.573. The molecule has 1 aliphatic heterocycles. The van der Waals surface area contributed by atoms with Gasteiger partial charge in [-0.3, -0.25) is 0 Å². The molecule has 0 bridgehead atoms. The lowest BCUT2D eigenvalue weighted by Crippen LogP contribution is -2.24. The highest BCUT2D eigenvalue weighted by molar-refractivity contribution is 5.29. The molecule has 5 nitrogen and oxygen atoms in total. The molecule has 1 fully saturated rings. The Bertz CT molecular complexity index is 378. The summed E-state index contributed by atoms with van der Waals surface area (Å²) >= 11 is 0. The fourth-order valence-corrected chi connectivity index (χ4v) is 1.87. The number of aromatic nitrogens is 2. The number of nitriles is 1. The van der Waals surface area contributed by atoms with Crippen molar-refractivity contribution in [3.63, 3.8) is 0 Å². The van der Waals surface area contributed by atoms with Crippen LogP contribution in [0.15, 0.2) is 12.3 Å². The van der Waals surface area contributed by atoms with Crippen molar-refractivity contribution < 1.29 is 0 Å². The molecule has 0 amide bonds. The van der Waals surface area contributed by atoms with E-state index in [1.165, 1.54) is 12.8 Å². The Morgan fingerprint density at radius 1 is 1.62 bits per heavy atom. The molecule has 1 saturated heterocycles. The van der Waals surface area contributed by atoms with Gasteiger partial charge >= 0.3 is 0 Å². The Balaban J connectivity index is 1.78. The third-order valence-corrected chi connectivity index (χ3v) is 2.71. The van der Waals surface area contributed by atoms with E-state index < -0.39 is 0 Å². The second-order valence-electron chi connectivity index (χ2n) is 3.89. The first-order valence-corrected chi connectivity index (χ1v) is 5.59. The lowest BCUT2D eigenvalue weighted by atomic mass is 10.1. The molecule has 2 N–H and O–H groups in total. The molecule has 0 radical (unpaired) electrons. The normalized spacial score (nSPS) is 19.3. The molecule has 16 heavy (non-hydrogen) atoms. The van der Waals surface area contributed by atoms with Crippen molar-refractivity contribution >= 4 is 5.95 Å². The van der Waals surface area contributed by atoms with Crippen molar-refractivity contribution in [2.75, 3.05) is 18.4 Å². The highest BCUT2D eigenvalue weighted by Gasteiger charge is 2.12. The third kappa shape index (κ3) is 2.91. The van der Waals surface area contributed by atoms with Gasteiger partial charge < -0.3 is 10.6 Å². The first-order chi connectivity index (χ1) is 7.88. The molecule has 5 heteroatoms. The predicted octanol–water partition coefficient (Wildman–Crippen LogP) is 0.902.